The zero-order valence-corrected chi connectivity index (χ0v) is 20.4. The van der Waals surface area contributed by atoms with Gasteiger partial charge >= 0.3 is 0 Å². The maximum absolute atomic E-state index is 10.8. The number of imidazole rings is 1. The van der Waals surface area contributed by atoms with Gasteiger partial charge in [0.2, 0.25) is 0 Å². The Hall–Kier alpha value is -4.11. The van der Waals surface area contributed by atoms with Crippen LogP contribution in [0.15, 0.2) is 108 Å². The molecular formula is C27H24N4O4S. The summed E-state index contributed by atoms with van der Waals surface area (Å²) in [6, 6.07) is 23.8. The molecule has 3 aromatic carbocycles. The van der Waals surface area contributed by atoms with Crippen molar-refractivity contribution in [1.29, 1.82) is 0 Å². The highest BCUT2D eigenvalue weighted by atomic mass is 32.2. The third-order valence-electron chi connectivity index (χ3n) is 5.91. The SMILES string of the molecule is CC1(CSc2ccccc2)CC(n2ccnc2)C(c2ccc(Oc3ccc([N+](=O)[O-])cc3)cc2)=NO1. The Morgan fingerprint density at radius 3 is 2.42 bits per heavy atom. The average Bonchev–Trinajstić information content (AvgIpc) is 3.44. The van der Waals surface area contributed by atoms with E-state index >= 15 is 0 Å². The summed E-state index contributed by atoms with van der Waals surface area (Å²) in [5.41, 5.74) is 1.31. The fourth-order valence-electron chi connectivity index (χ4n) is 4.01. The topological polar surface area (TPSA) is 91.8 Å². The number of hydrogen-bond acceptors (Lipinski definition) is 7. The summed E-state index contributed by atoms with van der Waals surface area (Å²) < 4.78 is 7.91. The first-order valence-electron chi connectivity index (χ1n) is 11.4. The number of thioether (sulfide) groups is 1. The van der Waals surface area contributed by atoms with Crippen molar-refractivity contribution in [2.24, 2.45) is 5.16 Å². The van der Waals surface area contributed by atoms with Gasteiger partial charge in [-0.25, -0.2) is 4.98 Å². The van der Waals surface area contributed by atoms with Crippen molar-refractivity contribution < 1.29 is 14.5 Å². The van der Waals surface area contributed by atoms with Gasteiger partial charge < -0.3 is 14.1 Å². The van der Waals surface area contributed by atoms with Gasteiger partial charge in [-0.3, -0.25) is 10.1 Å². The Morgan fingerprint density at radius 2 is 1.78 bits per heavy atom. The molecule has 182 valence electrons. The highest BCUT2D eigenvalue weighted by Gasteiger charge is 2.38. The molecule has 0 spiro atoms. The maximum atomic E-state index is 10.8. The molecule has 0 fully saturated rings. The van der Waals surface area contributed by atoms with Gasteiger partial charge in [0.1, 0.15) is 22.8 Å². The van der Waals surface area contributed by atoms with Gasteiger partial charge in [0.15, 0.2) is 0 Å². The Bertz CT molecular complexity index is 1340. The summed E-state index contributed by atoms with van der Waals surface area (Å²) in [6.07, 6.45) is 6.26. The summed E-state index contributed by atoms with van der Waals surface area (Å²) >= 11 is 1.75. The number of rotatable bonds is 8. The third kappa shape index (κ3) is 5.41. The average molecular weight is 501 g/mol. The molecule has 1 aromatic heterocycles. The van der Waals surface area contributed by atoms with E-state index in [1.54, 1.807) is 30.1 Å². The second-order valence-electron chi connectivity index (χ2n) is 8.73. The van der Waals surface area contributed by atoms with Crippen LogP contribution in [-0.4, -0.2) is 31.5 Å². The first kappa shape index (κ1) is 23.6. The molecule has 2 heterocycles. The lowest BCUT2D eigenvalue weighted by Crippen LogP contribution is -2.40. The Balaban J connectivity index is 1.33. The summed E-state index contributed by atoms with van der Waals surface area (Å²) in [7, 11) is 0. The van der Waals surface area contributed by atoms with E-state index in [1.807, 2.05) is 55.0 Å². The number of nitro benzene ring substituents is 1. The second kappa shape index (κ2) is 10.2. The normalized spacial score (nSPS) is 19.2. The van der Waals surface area contributed by atoms with Gasteiger partial charge in [0, 0.05) is 47.2 Å². The van der Waals surface area contributed by atoms with Gasteiger partial charge in [-0.2, -0.15) is 0 Å². The van der Waals surface area contributed by atoms with Crippen molar-refractivity contribution in [2.45, 2.75) is 29.9 Å². The van der Waals surface area contributed by atoms with Crippen molar-refractivity contribution >= 4 is 23.2 Å². The molecule has 0 N–H and O–H groups in total. The quantitative estimate of drug-likeness (QED) is 0.156. The fourth-order valence-corrected chi connectivity index (χ4v) is 5.00. The predicted octanol–water partition coefficient (Wildman–Crippen LogP) is 6.50. The highest BCUT2D eigenvalue weighted by Crippen LogP contribution is 2.37. The van der Waals surface area contributed by atoms with Crippen molar-refractivity contribution in [3.63, 3.8) is 0 Å². The molecule has 0 bridgehead atoms. The van der Waals surface area contributed by atoms with Gasteiger partial charge in [-0.05, 0) is 55.5 Å². The summed E-state index contributed by atoms with van der Waals surface area (Å²) in [6.45, 7) is 2.09. The molecule has 1 aliphatic rings. The van der Waals surface area contributed by atoms with Crippen molar-refractivity contribution in [1.82, 2.24) is 9.55 Å². The number of ether oxygens (including phenoxy) is 1. The van der Waals surface area contributed by atoms with E-state index in [0.29, 0.717) is 11.5 Å². The van der Waals surface area contributed by atoms with Gasteiger partial charge in [0.25, 0.3) is 5.69 Å². The van der Waals surface area contributed by atoms with Crippen LogP contribution in [0, 0.1) is 10.1 Å². The number of nitrogens with zero attached hydrogens (tertiary/aromatic N) is 4. The van der Waals surface area contributed by atoms with Crippen molar-refractivity contribution in [3.8, 4) is 11.5 Å². The van der Waals surface area contributed by atoms with E-state index in [1.165, 1.54) is 17.0 Å². The molecule has 0 aliphatic carbocycles. The predicted molar refractivity (Wildman–Crippen MR) is 139 cm³/mol. The van der Waals surface area contributed by atoms with Crippen LogP contribution in [0.3, 0.4) is 0 Å². The molecule has 0 saturated heterocycles. The number of aromatic nitrogens is 2. The van der Waals surface area contributed by atoms with E-state index in [9.17, 15) is 10.1 Å². The van der Waals surface area contributed by atoms with E-state index in [2.05, 4.69) is 33.8 Å². The summed E-state index contributed by atoms with van der Waals surface area (Å²) in [4.78, 5) is 21.9. The van der Waals surface area contributed by atoms with E-state index in [-0.39, 0.29) is 11.7 Å². The van der Waals surface area contributed by atoms with Crippen LogP contribution in [0.1, 0.15) is 24.9 Å². The van der Waals surface area contributed by atoms with Crippen LogP contribution < -0.4 is 4.74 Å². The monoisotopic (exact) mass is 500 g/mol. The van der Waals surface area contributed by atoms with Gasteiger partial charge in [-0.15, -0.1) is 11.8 Å². The molecular weight excluding hydrogens is 476 g/mol. The number of non-ortho nitro benzene ring substituents is 1. The molecule has 9 heteroatoms. The Morgan fingerprint density at radius 1 is 1.08 bits per heavy atom. The molecule has 0 amide bonds. The van der Waals surface area contributed by atoms with Gasteiger partial charge in [-0.1, -0.05) is 23.4 Å². The van der Waals surface area contributed by atoms with E-state index in [0.717, 1.165) is 23.4 Å². The van der Waals surface area contributed by atoms with Crippen LogP contribution in [0.4, 0.5) is 5.69 Å². The first-order chi connectivity index (χ1) is 17.5. The lowest BCUT2D eigenvalue weighted by atomic mass is 9.91. The molecule has 1 aliphatic heterocycles. The number of hydrogen-bond donors (Lipinski definition) is 0. The van der Waals surface area contributed by atoms with Crippen LogP contribution in [0.2, 0.25) is 0 Å². The molecule has 0 saturated carbocycles. The minimum atomic E-state index is -0.447. The summed E-state index contributed by atoms with van der Waals surface area (Å²) in [5, 5.41) is 15.4. The lowest BCUT2D eigenvalue weighted by Gasteiger charge is -2.36. The molecule has 2 unspecified atom stereocenters. The smallest absolute Gasteiger partial charge is 0.269 e. The minimum Gasteiger partial charge on any atom is -0.457 e. The zero-order valence-electron chi connectivity index (χ0n) is 19.6. The molecule has 8 nitrogen and oxygen atoms in total. The Kier molecular flexibility index (Phi) is 6.73. The molecule has 4 aromatic rings. The molecule has 0 radical (unpaired) electrons. The second-order valence-corrected chi connectivity index (χ2v) is 9.78. The molecule has 5 rings (SSSR count). The fraction of sp³-hybridized carbons (Fsp3) is 0.185. The largest absolute Gasteiger partial charge is 0.457 e. The van der Waals surface area contributed by atoms with Crippen LogP contribution in [-0.2, 0) is 4.84 Å². The van der Waals surface area contributed by atoms with Gasteiger partial charge in [0.05, 0.1) is 17.3 Å². The van der Waals surface area contributed by atoms with E-state index in [4.69, 9.17) is 9.57 Å². The maximum Gasteiger partial charge on any atom is 0.269 e. The van der Waals surface area contributed by atoms with Crippen molar-refractivity contribution in [3.05, 3.63) is 113 Å². The molecule has 36 heavy (non-hydrogen) atoms. The lowest BCUT2D eigenvalue weighted by molar-refractivity contribution is -0.384. The molecule has 2 atom stereocenters. The van der Waals surface area contributed by atoms with Crippen LogP contribution in [0.5, 0.6) is 11.5 Å². The Labute approximate surface area is 212 Å². The third-order valence-corrected chi connectivity index (χ3v) is 7.27. The van der Waals surface area contributed by atoms with Crippen LogP contribution in [0.25, 0.3) is 0 Å². The zero-order chi connectivity index (χ0) is 25.0. The standard InChI is InChI=1S/C27H24N4O4S/c1-27(18-36-24-5-3-2-4-6-24)17-25(30-16-15-28-19-30)26(29-35-27)20-7-11-22(12-8-20)34-23-13-9-21(10-14-23)31(32)33/h2-16,19,25H,17-18H2,1H3. The first-order valence-corrected chi connectivity index (χ1v) is 12.4. The minimum absolute atomic E-state index is 0.0210. The number of oxime groups is 1. The summed E-state index contributed by atoms with van der Waals surface area (Å²) in [5.74, 6) is 1.91. The number of benzene rings is 3. The van der Waals surface area contributed by atoms with Crippen molar-refractivity contribution in [2.75, 3.05) is 5.75 Å². The number of nitro groups is 1. The highest BCUT2D eigenvalue weighted by molar-refractivity contribution is 7.99. The van der Waals surface area contributed by atoms with Crippen LogP contribution >= 0.6 is 11.8 Å². The van der Waals surface area contributed by atoms with E-state index < -0.39 is 10.5 Å².